The van der Waals surface area contributed by atoms with Crippen LogP contribution in [0.2, 0.25) is 0 Å². The first-order valence-electron chi connectivity index (χ1n) is 10.0. The molecule has 0 saturated carbocycles. The number of hydrogen-bond donors (Lipinski definition) is 2. The fourth-order valence-electron chi connectivity index (χ4n) is 2.85. The third-order valence-corrected chi connectivity index (χ3v) is 4.77. The van der Waals surface area contributed by atoms with Crippen LogP contribution in [0.25, 0.3) is 0 Å². The Kier molecular flexibility index (Phi) is 7.50. The molecule has 2 N–H and O–H groups in total. The number of nitrogens with zero attached hydrogens (tertiary/aromatic N) is 1. The summed E-state index contributed by atoms with van der Waals surface area (Å²) in [6, 6.07) is 9.86. The number of rotatable bonds is 8. The van der Waals surface area contributed by atoms with Crippen LogP contribution in [0, 0.1) is 19.7 Å². The monoisotopic (exact) mass is 457 g/mol. The van der Waals surface area contributed by atoms with Gasteiger partial charge < -0.3 is 18.7 Å². The van der Waals surface area contributed by atoms with E-state index >= 15 is 0 Å². The van der Waals surface area contributed by atoms with Crippen molar-refractivity contribution in [2.24, 2.45) is 0 Å². The Morgan fingerprint density at radius 1 is 1.09 bits per heavy atom. The van der Waals surface area contributed by atoms with Crippen LogP contribution in [0.3, 0.4) is 0 Å². The molecule has 0 spiro atoms. The van der Waals surface area contributed by atoms with Crippen LogP contribution in [0.4, 0.5) is 4.39 Å². The maximum Gasteiger partial charge on any atom is 0.279 e. The molecule has 10 heteroatoms. The van der Waals surface area contributed by atoms with Crippen LogP contribution in [0.5, 0.6) is 17.2 Å². The molecule has 0 aliphatic heterocycles. The Hall–Kier alpha value is -4.08. The number of amides is 2. The Morgan fingerprint density at radius 3 is 2.45 bits per heavy atom. The number of halogens is 1. The van der Waals surface area contributed by atoms with E-state index in [9.17, 15) is 14.0 Å². The lowest BCUT2D eigenvalue weighted by atomic mass is 10.2. The van der Waals surface area contributed by atoms with Gasteiger partial charge in [0.1, 0.15) is 23.9 Å². The number of aromatic nitrogens is 1. The maximum atomic E-state index is 13.0. The number of carbonyl (C=O) groups is 2. The summed E-state index contributed by atoms with van der Waals surface area (Å²) >= 11 is 0. The molecule has 33 heavy (non-hydrogen) atoms. The van der Waals surface area contributed by atoms with Crippen molar-refractivity contribution in [2.75, 3.05) is 7.11 Å². The predicted molar refractivity (Wildman–Crippen MR) is 115 cm³/mol. The van der Waals surface area contributed by atoms with Crippen LogP contribution in [0.1, 0.15) is 34.3 Å². The summed E-state index contributed by atoms with van der Waals surface area (Å²) in [5.41, 5.74) is 6.42. The lowest BCUT2D eigenvalue weighted by Gasteiger charge is -2.16. The fourth-order valence-corrected chi connectivity index (χ4v) is 2.85. The van der Waals surface area contributed by atoms with Gasteiger partial charge >= 0.3 is 0 Å². The first-order valence-corrected chi connectivity index (χ1v) is 10.0. The number of carbonyl (C=O) groups excluding carboxylic acids is 2. The van der Waals surface area contributed by atoms with Crippen LogP contribution in [0.15, 0.2) is 47.0 Å². The second-order valence-corrected chi connectivity index (χ2v) is 7.11. The number of nitrogens with one attached hydrogen (secondary N) is 2. The van der Waals surface area contributed by atoms with Gasteiger partial charge in [0.05, 0.1) is 18.4 Å². The third-order valence-electron chi connectivity index (χ3n) is 4.77. The van der Waals surface area contributed by atoms with E-state index in [0.717, 1.165) is 11.3 Å². The SMILES string of the molecule is COc1cc(C(=O)NNC(=O)C(C)Oc2ccc(F)cc2)ccc1OCc1c(C)noc1C. The van der Waals surface area contributed by atoms with Crippen molar-refractivity contribution >= 4 is 11.8 Å². The van der Waals surface area contributed by atoms with E-state index in [0.29, 0.717) is 23.0 Å². The first-order chi connectivity index (χ1) is 15.8. The summed E-state index contributed by atoms with van der Waals surface area (Å²) in [6.45, 7) is 5.34. The molecule has 9 nitrogen and oxygen atoms in total. The van der Waals surface area contributed by atoms with E-state index in [-0.39, 0.29) is 12.2 Å². The summed E-state index contributed by atoms with van der Waals surface area (Å²) in [7, 11) is 1.45. The van der Waals surface area contributed by atoms with Crippen LogP contribution in [-0.2, 0) is 11.4 Å². The second kappa shape index (κ2) is 10.5. The lowest BCUT2D eigenvalue weighted by Crippen LogP contribution is -2.47. The zero-order valence-corrected chi connectivity index (χ0v) is 18.6. The summed E-state index contributed by atoms with van der Waals surface area (Å²) in [5, 5.41) is 3.88. The van der Waals surface area contributed by atoms with Crippen molar-refractivity contribution in [1.82, 2.24) is 16.0 Å². The van der Waals surface area contributed by atoms with Crippen LogP contribution < -0.4 is 25.1 Å². The highest BCUT2D eigenvalue weighted by molar-refractivity contribution is 5.96. The molecule has 1 atom stereocenters. The van der Waals surface area contributed by atoms with Crippen molar-refractivity contribution < 1.29 is 32.7 Å². The van der Waals surface area contributed by atoms with Gasteiger partial charge in [-0.15, -0.1) is 0 Å². The van der Waals surface area contributed by atoms with E-state index in [1.165, 1.54) is 50.4 Å². The maximum absolute atomic E-state index is 13.0. The lowest BCUT2D eigenvalue weighted by molar-refractivity contribution is -0.128. The molecule has 1 heterocycles. The minimum atomic E-state index is -0.926. The molecule has 174 valence electrons. The van der Waals surface area contributed by atoms with Crippen molar-refractivity contribution in [3.8, 4) is 17.2 Å². The smallest absolute Gasteiger partial charge is 0.279 e. The van der Waals surface area contributed by atoms with Crippen LogP contribution >= 0.6 is 0 Å². The molecule has 0 bridgehead atoms. The number of benzene rings is 2. The molecule has 0 aliphatic rings. The van der Waals surface area contributed by atoms with Gasteiger partial charge in [-0.2, -0.15) is 0 Å². The van der Waals surface area contributed by atoms with Gasteiger partial charge in [0.15, 0.2) is 17.6 Å². The highest BCUT2D eigenvalue weighted by atomic mass is 19.1. The number of ether oxygens (including phenoxy) is 3. The molecular weight excluding hydrogens is 433 g/mol. The zero-order valence-electron chi connectivity index (χ0n) is 18.6. The quantitative estimate of drug-likeness (QED) is 0.500. The Bertz CT molecular complexity index is 1110. The molecule has 0 radical (unpaired) electrons. The molecule has 3 aromatic rings. The average Bonchev–Trinajstić information content (AvgIpc) is 3.14. The molecule has 1 unspecified atom stereocenters. The number of methoxy groups -OCH3 is 1. The van der Waals surface area contributed by atoms with Crippen LogP contribution in [-0.4, -0.2) is 30.2 Å². The topological polar surface area (TPSA) is 112 Å². The summed E-state index contributed by atoms with van der Waals surface area (Å²) < 4.78 is 34.6. The average molecular weight is 457 g/mol. The highest BCUT2D eigenvalue weighted by Gasteiger charge is 2.18. The van der Waals surface area contributed by atoms with Crippen molar-refractivity contribution in [3.05, 3.63) is 70.9 Å². The Morgan fingerprint density at radius 2 is 1.82 bits per heavy atom. The standard InChI is InChI=1S/C23H24FN3O6/c1-13-19(14(2)33-27-13)12-31-20-10-5-16(11-21(20)30-4)23(29)26-25-22(28)15(3)32-18-8-6-17(24)7-9-18/h5-11,15H,12H2,1-4H3,(H,25,28)(H,26,29). The van der Waals surface area contributed by atoms with Gasteiger partial charge in [-0.05, 0) is 63.2 Å². The number of aryl methyl sites for hydroxylation is 2. The molecule has 2 aromatic carbocycles. The molecule has 3 rings (SSSR count). The van der Waals surface area contributed by atoms with Gasteiger partial charge in [-0.25, -0.2) is 4.39 Å². The number of hydrazine groups is 1. The Balaban J connectivity index is 1.56. The molecule has 2 amide bonds. The molecule has 1 aromatic heterocycles. The van der Waals surface area contributed by atoms with Gasteiger partial charge in [0.25, 0.3) is 11.8 Å². The summed E-state index contributed by atoms with van der Waals surface area (Å²) in [6.07, 6.45) is -0.926. The molecule has 0 fully saturated rings. The zero-order chi connectivity index (χ0) is 24.0. The van der Waals surface area contributed by atoms with E-state index in [1.54, 1.807) is 13.0 Å². The molecule has 0 aliphatic carbocycles. The van der Waals surface area contributed by atoms with E-state index in [1.807, 2.05) is 6.92 Å². The van der Waals surface area contributed by atoms with Gasteiger partial charge in [0, 0.05) is 5.56 Å². The second-order valence-electron chi connectivity index (χ2n) is 7.11. The highest BCUT2D eigenvalue weighted by Crippen LogP contribution is 2.29. The largest absolute Gasteiger partial charge is 0.493 e. The molecule has 0 saturated heterocycles. The van der Waals surface area contributed by atoms with Gasteiger partial charge in [0.2, 0.25) is 0 Å². The van der Waals surface area contributed by atoms with Crippen molar-refractivity contribution in [2.45, 2.75) is 33.5 Å². The van der Waals surface area contributed by atoms with Crippen molar-refractivity contribution in [1.29, 1.82) is 0 Å². The third kappa shape index (κ3) is 6.00. The minimum absolute atomic E-state index is 0.227. The Labute approximate surface area is 189 Å². The summed E-state index contributed by atoms with van der Waals surface area (Å²) in [5.74, 6) is 0.195. The van der Waals surface area contributed by atoms with Gasteiger partial charge in [-0.1, -0.05) is 5.16 Å². The van der Waals surface area contributed by atoms with Crippen molar-refractivity contribution in [3.63, 3.8) is 0 Å². The number of hydrogen-bond acceptors (Lipinski definition) is 7. The van der Waals surface area contributed by atoms with E-state index in [2.05, 4.69) is 16.0 Å². The molecular formula is C23H24FN3O6. The fraction of sp³-hybridized carbons (Fsp3) is 0.261. The van der Waals surface area contributed by atoms with E-state index in [4.69, 9.17) is 18.7 Å². The normalized spacial score (nSPS) is 11.4. The summed E-state index contributed by atoms with van der Waals surface area (Å²) in [4.78, 5) is 24.7. The van der Waals surface area contributed by atoms with Gasteiger partial charge in [-0.3, -0.25) is 20.4 Å². The van der Waals surface area contributed by atoms with E-state index < -0.39 is 23.7 Å². The minimum Gasteiger partial charge on any atom is -0.493 e. The predicted octanol–water partition coefficient (Wildman–Crippen LogP) is 3.25. The first kappa shape index (κ1) is 23.6.